The van der Waals surface area contributed by atoms with Gasteiger partial charge in [-0.3, -0.25) is 15.5 Å². The fourth-order valence-corrected chi connectivity index (χ4v) is 2.16. The highest BCUT2D eigenvalue weighted by atomic mass is 16.6. The molecule has 0 radical (unpaired) electrons. The van der Waals surface area contributed by atoms with E-state index in [4.69, 9.17) is 10.6 Å². The summed E-state index contributed by atoms with van der Waals surface area (Å²) >= 11 is 0. The molecule has 9 nitrogen and oxygen atoms in total. The lowest BCUT2D eigenvalue weighted by Crippen LogP contribution is -2.24. The molecule has 1 fully saturated rings. The van der Waals surface area contributed by atoms with Crippen LogP contribution in [0.3, 0.4) is 0 Å². The molecule has 0 aromatic carbocycles. The minimum atomic E-state index is -0.484. The molecule has 0 saturated carbocycles. The molecule has 0 spiro atoms. The third kappa shape index (κ3) is 3.31. The first-order valence-electron chi connectivity index (χ1n) is 6.43. The van der Waals surface area contributed by atoms with E-state index < -0.39 is 4.92 Å². The number of nitrogens with zero attached hydrogens (tertiary/aromatic N) is 3. The van der Waals surface area contributed by atoms with Crippen molar-refractivity contribution < 1.29 is 9.66 Å². The quantitative estimate of drug-likeness (QED) is 0.411. The molecule has 1 aliphatic rings. The number of nitro groups is 1. The summed E-state index contributed by atoms with van der Waals surface area (Å²) in [6, 6.07) is 0. The second kappa shape index (κ2) is 6.44. The second-order valence-corrected chi connectivity index (χ2v) is 4.67. The highest BCUT2D eigenvalue weighted by Gasteiger charge is 2.23. The van der Waals surface area contributed by atoms with Crippen LogP contribution in [0.2, 0.25) is 0 Å². The van der Waals surface area contributed by atoms with Crippen molar-refractivity contribution in [2.24, 2.45) is 11.8 Å². The number of rotatable bonds is 5. The van der Waals surface area contributed by atoms with Crippen LogP contribution in [0, 0.1) is 23.0 Å². The van der Waals surface area contributed by atoms with Crippen LogP contribution in [-0.2, 0) is 4.74 Å². The number of hydrazine groups is 1. The topological polar surface area (TPSA) is 128 Å². The van der Waals surface area contributed by atoms with Gasteiger partial charge in [-0.15, -0.1) is 0 Å². The molecule has 4 N–H and O–H groups in total. The Morgan fingerprint density at radius 2 is 2.15 bits per heavy atom. The minimum absolute atomic E-state index is 0.115. The fourth-order valence-electron chi connectivity index (χ4n) is 2.16. The summed E-state index contributed by atoms with van der Waals surface area (Å²) in [4.78, 5) is 18.6. The first-order chi connectivity index (χ1) is 9.61. The fraction of sp³-hybridized carbons (Fsp3) is 0.636. The van der Waals surface area contributed by atoms with Crippen molar-refractivity contribution in [1.82, 2.24) is 9.97 Å². The Bertz CT molecular complexity index is 489. The third-order valence-corrected chi connectivity index (χ3v) is 3.27. The lowest BCUT2D eigenvalue weighted by molar-refractivity contribution is -0.385. The van der Waals surface area contributed by atoms with E-state index in [0.717, 1.165) is 26.1 Å². The first-order valence-corrected chi connectivity index (χ1v) is 6.43. The number of aromatic nitrogens is 2. The summed E-state index contributed by atoms with van der Waals surface area (Å²) in [6.45, 7) is 3.63. The molecule has 0 unspecified atom stereocenters. The lowest BCUT2D eigenvalue weighted by Gasteiger charge is -2.22. The van der Waals surface area contributed by atoms with Gasteiger partial charge in [-0.25, -0.2) is 10.8 Å². The monoisotopic (exact) mass is 282 g/mol. The van der Waals surface area contributed by atoms with Crippen molar-refractivity contribution in [3.05, 3.63) is 15.8 Å². The number of nitrogens with two attached hydrogens (primary N) is 1. The van der Waals surface area contributed by atoms with E-state index in [9.17, 15) is 10.1 Å². The first kappa shape index (κ1) is 14.4. The molecular weight excluding hydrogens is 264 g/mol. The van der Waals surface area contributed by atoms with Crippen LogP contribution >= 0.6 is 0 Å². The van der Waals surface area contributed by atoms with E-state index in [1.54, 1.807) is 6.92 Å². The summed E-state index contributed by atoms with van der Waals surface area (Å²) < 4.78 is 5.28. The molecule has 20 heavy (non-hydrogen) atoms. The van der Waals surface area contributed by atoms with Crippen molar-refractivity contribution in [3.8, 4) is 0 Å². The van der Waals surface area contributed by atoms with Crippen LogP contribution in [0.5, 0.6) is 0 Å². The van der Waals surface area contributed by atoms with Crippen molar-refractivity contribution >= 4 is 17.5 Å². The standard InChI is InChI=1S/C11H18N6O3/c1-7-9(17(18)19)10(15-11(14-7)16-12)13-6-8-2-4-20-5-3-8/h8H,2-6,12H2,1H3,(H2,13,14,15,16). The number of anilines is 2. The average Bonchev–Trinajstić information content (AvgIpc) is 2.45. The molecule has 0 amide bonds. The molecule has 1 saturated heterocycles. The van der Waals surface area contributed by atoms with Crippen LogP contribution < -0.4 is 16.6 Å². The Balaban J connectivity index is 2.15. The molecule has 2 heterocycles. The van der Waals surface area contributed by atoms with Crippen LogP contribution in [-0.4, -0.2) is 34.6 Å². The third-order valence-electron chi connectivity index (χ3n) is 3.27. The Labute approximate surface area is 116 Å². The van der Waals surface area contributed by atoms with E-state index in [1.165, 1.54) is 0 Å². The van der Waals surface area contributed by atoms with Gasteiger partial charge in [0.15, 0.2) is 0 Å². The molecule has 1 aromatic heterocycles. The maximum atomic E-state index is 11.1. The number of hydrogen-bond donors (Lipinski definition) is 3. The highest BCUT2D eigenvalue weighted by Crippen LogP contribution is 2.27. The molecule has 9 heteroatoms. The Hall–Kier alpha value is -2.00. The highest BCUT2D eigenvalue weighted by molar-refractivity contribution is 5.60. The molecule has 0 aliphatic carbocycles. The van der Waals surface area contributed by atoms with Crippen LogP contribution in [0.25, 0.3) is 0 Å². The number of aryl methyl sites for hydroxylation is 1. The largest absolute Gasteiger partial charge is 0.381 e. The van der Waals surface area contributed by atoms with E-state index in [0.29, 0.717) is 12.5 Å². The predicted octanol–water partition coefficient (Wildman–Crippen LogP) is 0.817. The zero-order valence-electron chi connectivity index (χ0n) is 11.3. The molecule has 2 rings (SSSR count). The smallest absolute Gasteiger partial charge is 0.332 e. The lowest BCUT2D eigenvalue weighted by atomic mass is 10.0. The maximum Gasteiger partial charge on any atom is 0.332 e. The van der Waals surface area contributed by atoms with Gasteiger partial charge in [-0.1, -0.05) is 0 Å². The Morgan fingerprint density at radius 3 is 2.75 bits per heavy atom. The molecule has 0 bridgehead atoms. The molecule has 110 valence electrons. The second-order valence-electron chi connectivity index (χ2n) is 4.67. The Kier molecular flexibility index (Phi) is 4.64. The van der Waals surface area contributed by atoms with E-state index in [1.807, 2.05) is 0 Å². The van der Waals surface area contributed by atoms with E-state index >= 15 is 0 Å². The number of ether oxygens (including phenoxy) is 1. The zero-order valence-corrected chi connectivity index (χ0v) is 11.3. The normalized spacial score (nSPS) is 15.9. The molecule has 1 aromatic rings. The number of nitrogens with one attached hydrogen (secondary N) is 2. The van der Waals surface area contributed by atoms with E-state index in [2.05, 4.69) is 20.7 Å². The Morgan fingerprint density at radius 1 is 1.45 bits per heavy atom. The van der Waals surface area contributed by atoms with Gasteiger partial charge in [0.1, 0.15) is 5.69 Å². The van der Waals surface area contributed by atoms with Gasteiger partial charge in [-0.05, 0) is 25.7 Å². The summed E-state index contributed by atoms with van der Waals surface area (Å²) in [5, 5.41) is 14.1. The van der Waals surface area contributed by atoms with E-state index in [-0.39, 0.29) is 23.1 Å². The minimum Gasteiger partial charge on any atom is -0.381 e. The molecular formula is C11H18N6O3. The van der Waals surface area contributed by atoms with Crippen LogP contribution in [0.4, 0.5) is 17.5 Å². The van der Waals surface area contributed by atoms with Gasteiger partial charge >= 0.3 is 5.69 Å². The maximum absolute atomic E-state index is 11.1. The van der Waals surface area contributed by atoms with Gasteiger partial charge < -0.3 is 10.1 Å². The van der Waals surface area contributed by atoms with Gasteiger partial charge in [0.05, 0.1) is 4.92 Å². The van der Waals surface area contributed by atoms with Crippen molar-refractivity contribution in [1.29, 1.82) is 0 Å². The van der Waals surface area contributed by atoms with Gasteiger partial charge in [0, 0.05) is 19.8 Å². The molecule has 0 atom stereocenters. The van der Waals surface area contributed by atoms with Gasteiger partial charge in [-0.2, -0.15) is 4.98 Å². The number of hydrogen-bond acceptors (Lipinski definition) is 8. The number of nitrogen functional groups attached to an aromatic ring is 1. The molecule has 1 aliphatic heterocycles. The SMILES string of the molecule is Cc1nc(NN)nc(NCC2CCOCC2)c1[N+](=O)[O-]. The van der Waals surface area contributed by atoms with Crippen molar-refractivity contribution in [2.45, 2.75) is 19.8 Å². The summed E-state index contributed by atoms with van der Waals surface area (Å²) in [5.74, 6) is 6.04. The van der Waals surface area contributed by atoms with Crippen LogP contribution in [0.15, 0.2) is 0 Å². The van der Waals surface area contributed by atoms with Crippen molar-refractivity contribution in [2.75, 3.05) is 30.5 Å². The van der Waals surface area contributed by atoms with Gasteiger partial charge in [0.25, 0.3) is 0 Å². The van der Waals surface area contributed by atoms with Gasteiger partial charge in [0.2, 0.25) is 11.8 Å². The summed E-state index contributed by atoms with van der Waals surface area (Å²) in [6.07, 6.45) is 1.87. The average molecular weight is 282 g/mol. The van der Waals surface area contributed by atoms with Crippen LogP contribution in [0.1, 0.15) is 18.5 Å². The summed E-state index contributed by atoms with van der Waals surface area (Å²) in [7, 11) is 0. The van der Waals surface area contributed by atoms with Crippen molar-refractivity contribution in [3.63, 3.8) is 0 Å². The predicted molar refractivity (Wildman–Crippen MR) is 73.3 cm³/mol. The summed E-state index contributed by atoms with van der Waals surface area (Å²) in [5.41, 5.74) is 2.46. The zero-order chi connectivity index (χ0) is 14.5.